The third-order valence-corrected chi connectivity index (χ3v) is 6.37. The molecule has 0 spiro atoms. The molecule has 0 aliphatic carbocycles. The van der Waals surface area contributed by atoms with Crippen molar-refractivity contribution < 1.29 is 9.59 Å². The van der Waals surface area contributed by atoms with Crippen LogP contribution in [0, 0.1) is 0 Å². The fourth-order valence-corrected chi connectivity index (χ4v) is 4.68. The van der Waals surface area contributed by atoms with Crippen molar-refractivity contribution >= 4 is 56.0 Å². The molecule has 0 fully saturated rings. The molecule has 1 heterocycles. The van der Waals surface area contributed by atoms with E-state index in [0.717, 1.165) is 14.4 Å². The van der Waals surface area contributed by atoms with Crippen molar-refractivity contribution in [3.8, 4) is 0 Å². The van der Waals surface area contributed by atoms with Gasteiger partial charge in [0.05, 0.1) is 5.56 Å². The summed E-state index contributed by atoms with van der Waals surface area (Å²) in [4.78, 5) is 25.8. The maximum absolute atomic E-state index is 12.7. The van der Waals surface area contributed by atoms with Crippen LogP contribution in [0.2, 0.25) is 0 Å². The Balaban J connectivity index is 1.54. The minimum absolute atomic E-state index is 0.145. The molecule has 2 N–H and O–H groups in total. The number of carbonyl (C=O) groups is 2. The van der Waals surface area contributed by atoms with E-state index in [0.29, 0.717) is 34.5 Å². The molecule has 0 saturated carbocycles. The van der Waals surface area contributed by atoms with Gasteiger partial charge in [-0.3, -0.25) is 14.9 Å². The summed E-state index contributed by atoms with van der Waals surface area (Å²) in [6.07, 6.45) is 0.535. The number of rotatable bonds is 8. The van der Waals surface area contributed by atoms with Crippen LogP contribution in [0.3, 0.4) is 0 Å². The predicted molar refractivity (Wildman–Crippen MR) is 125 cm³/mol. The fraction of sp³-hybridized carbons (Fsp3) is 0.238. The highest BCUT2D eigenvalue weighted by molar-refractivity contribution is 9.10. The normalized spacial score (nSPS) is 10.8. The molecule has 0 bridgehead atoms. The van der Waals surface area contributed by atoms with Crippen LogP contribution in [0.1, 0.15) is 39.6 Å². The Morgan fingerprint density at radius 1 is 1.10 bits per heavy atom. The van der Waals surface area contributed by atoms with E-state index in [1.807, 2.05) is 30.3 Å². The number of amides is 2. The highest BCUT2D eigenvalue weighted by Crippen LogP contribution is 2.27. The van der Waals surface area contributed by atoms with Crippen LogP contribution in [-0.4, -0.2) is 33.8 Å². The number of aromatic nitrogens is 2. The van der Waals surface area contributed by atoms with Gasteiger partial charge < -0.3 is 5.32 Å². The molecular weight excluding hydrogens is 484 g/mol. The Bertz CT molecular complexity index is 1040. The summed E-state index contributed by atoms with van der Waals surface area (Å²) in [6.45, 7) is 4.61. The smallest absolute Gasteiger partial charge is 0.258 e. The first-order chi connectivity index (χ1) is 14.4. The molecule has 2 aromatic carbocycles. The second-order valence-electron chi connectivity index (χ2n) is 6.63. The van der Waals surface area contributed by atoms with Crippen molar-refractivity contribution in [2.24, 2.45) is 0 Å². The van der Waals surface area contributed by atoms with E-state index in [9.17, 15) is 9.59 Å². The summed E-state index contributed by atoms with van der Waals surface area (Å²) >= 11 is 6.31. The first kappa shape index (κ1) is 22.5. The maximum Gasteiger partial charge on any atom is 0.258 e. The predicted octanol–water partition coefficient (Wildman–Crippen LogP) is 5.03. The molecule has 1 aromatic heterocycles. The highest BCUT2D eigenvalue weighted by atomic mass is 79.9. The van der Waals surface area contributed by atoms with E-state index in [1.54, 1.807) is 30.0 Å². The van der Waals surface area contributed by atoms with Gasteiger partial charge in [-0.2, -0.15) is 0 Å². The standard InChI is InChI=1S/C21H21BrN4O2S2/c1-13(2)29-17-9-4-3-8-16(17)20(28)24-21-26-25-18(30-21)10-11-23-19(27)14-6-5-7-15(22)12-14/h3-9,12-13H,10-11H2,1-2H3,(H,23,27)(H,24,26,28). The van der Waals surface area contributed by atoms with Crippen molar-refractivity contribution in [3.63, 3.8) is 0 Å². The van der Waals surface area contributed by atoms with E-state index in [4.69, 9.17) is 0 Å². The van der Waals surface area contributed by atoms with E-state index < -0.39 is 0 Å². The second kappa shape index (κ2) is 10.7. The summed E-state index contributed by atoms with van der Waals surface area (Å²) < 4.78 is 0.855. The summed E-state index contributed by atoms with van der Waals surface area (Å²) in [5, 5.41) is 15.4. The van der Waals surface area contributed by atoms with Crippen molar-refractivity contribution in [2.45, 2.75) is 30.4 Å². The van der Waals surface area contributed by atoms with E-state index >= 15 is 0 Å². The number of anilines is 1. The van der Waals surface area contributed by atoms with E-state index in [-0.39, 0.29) is 11.8 Å². The van der Waals surface area contributed by atoms with E-state index in [2.05, 4.69) is 50.6 Å². The lowest BCUT2D eigenvalue weighted by molar-refractivity contribution is 0.0953. The highest BCUT2D eigenvalue weighted by Gasteiger charge is 2.15. The zero-order valence-electron chi connectivity index (χ0n) is 16.5. The number of hydrogen-bond donors (Lipinski definition) is 2. The van der Waals surface area contributed by atoms with Gasteiger partial charge in [-0.1, -0.05) is 59.3 Å². The first-order valence-corrected chi connectivity index (χ1v) is 11.8. The molecule has 3 rings (SSSR count). The quantitative estimate of drug-likeness (QED) is 0.420. The zero-order chi connectivity index (χ0) is 21.5. The van der Waals surface area contributed by atoms with Crippen LogP contribution in [-0.2, 0) is 6.42 Å². The Morgan fingerprint density at radius 2 is 1.90 bits per heavy atom. The van der Waals surface area contributed by atoms with Gasteiger partial charge in [0, 0.05) is 33.1 Å². The van der Waals surface area contributed by atoms with Crippen LogP contribution in [0.25, 0.3) is 0 Å². The summed E-state index contributed by atoms with van der Waals surface area (Å²) in [6, 6.07) is 14.7. The Morgan fingerprint density at radius 3 is 2.67 bits per heavy atom. The van der Waals surface area contributed by atoms with Crippen LogP contribution in [0.15, 0.2) is 57.9 Å². The lowest BCUT2D eigenvalue weighted by Crippen LogP contribution is -2.25. The average molecular weight is 505 g/mol. The number of thioether (sulfide) groups is 1. The molecule has 0 aliphatic heterocycles. The van der Waals surface area contributed by atoms with Crippen LogP contribution < -0.4 is 10.6 Å². The zero-order valence-corrected chi connectivity index (χ0v) is 19.7. The van der Waals surface area contributed by atoms with Crippen molar-refractivity contribution in [1.82, 2.24) is 15.5 Å². The van der Waals surface area contributed by atoms with Crippen LogP contribution in [0.5, 0.6) is 0 Å². The molecule has 0 atom stereocenters. The molecule has 6 nitrogen and oxygen atoms in total. The Hall–Kier alpha value is -2.23. The summed E-state index contributed by atoms with van der Waals surface area (Å²) in [7, 11) is 0. The van der Waals surface area contributed by atoms with Gasteiger partial charge in [-0.25, -0.2) is 0 Å². The van der Waals surface area contributed by atoms with Crippen LogP contribution in [0.4, 0.5) is 5.13 Å². The first-order valence-electron chi connectivity index (χ1n) is 9.35. The SMILES string of the molecule is CC(C)Sc1ccccc1C(=O)Nc1nnc(CCNC(=O)c2cccc(Br)c2)s1. The van der Waals surface area contributed by atoms with Gasteiger partial charge in [0.15, 0.2) is 0 Å². The molecule has 156 valence electrons. The maximum atomic E-state index is 12.7. The number of benzene rings is 2. The number of carbonyl (C=O) groups excluding carboxylic acids is 2. The Labute approximate surface area is 192 Å². The lowest BCUT2D eigenvalue weighted by atomic mass is 10.2. The van der Waals surface area contributed by atoms with Crippen LogP contribution >= 0.6 is 39.0 Å². The van der Waals surface area contributed by atoms with Gasteiger partial charge in [-0.15, -0.1) is 22.0 Å². The topological polar surface area (TPSA) is 84.0 Å². The Kier molecular flexibility index (Phi) is 8.01. The lowest BCUT2D eigenvalue weighted by Gasteiger charge is -2.10. The summed E-state index contributed by atoms with van der Waals surface area (Å²) in [5.41, 5.74) is 1.21. The molecule has 3 aromatic rings. The average Bonchev–Trinajstić information content (AvgIpc) is 3.15. The second-order valence-corrected chi connectivity index (χ2v) is 10.2. The van der Waals surface area contributed by atoms with Crippen molar-refractivity contribution in [2.75, 3.05) is 11.9 Å². The fourth-order valence-electron chi connectivity index (χ4n) is 2.60. The minimum Gasteiger partial charge on any atom is -0.352 e. The number of nitrogens with zero attached hydrogens (tertiary/aromatic N) is 2. The third kappa shape index (κ3) is 6.38. The molecule has 2 amide bonds. The van der Waals surface area contributed by atoms with Gasteiger partial charge in [-0.05, 0) is 30.3 Å². The minimum atomic E-state index is -0.204. The van der Waals surface area contributed by atoms with Gasteiger partial charge in [0.2, 0.25) is 5.13 Å². The molecule has 30 heavy (non-hydrogen) atoms. The molecule has 0 aliphatic rings. The molecule has 0 radical (unpaired) electrons. The van der Waals surface area contributed by atoms with Gasteiger partial charge >= 0.3 is 0 Å². The third-order valence-electron chi connectivity index (χ3n) is 3.89. The molecular formula is C21H21BrN4O2S2. The molecule has 0 saturated heterocycles. The number of halogens is 1. The summed E-state index contributed by atoms with van der Waals surface area (Å²) in [5.74, 6) is -0.349. The van der Waals surface area contributed by atoms with Crippen molar-refractivity contribution in [3.05, 3.63) is 69.1 Å². The van der Waals surface area contributed by atoms with Crippen molar-refractivity contribution in [1.29, 1.82) is 0 Å². The van der Waals surface area contributed by atoms with E-state index in [1.165, 1.54) is 11.3 Å². The van der Waals surface area contributed by atoms with Gasteiger partial charge in [0.25, 0.3) is 11.8 Å². The molecule has 9 heteroatoms. The number of nitrogens with one attached hydrogen (secondary N) is 2. The largest absolute Gasteiger partial charge is 0.352 e. The number of hydrogen-bond acceptors (Lipinski definition) is 6. The monoisotopic (exact) mass is 504 g/mol. The molecule has 0 unspecified atom stereocenters. The van der Waals surface area contributed by atoms with Gasteiger partial charge in [0.1, 0.15) is 5.01 Å².